The Kier molecular flexibility index (Phi) is 8.73. The van der Waals surface area contributed by atoms with Gasteiger partial charge in [-0.05, 0) is 36.8 Å². The van der Waals surface area contributed by atoms with E-state index >= 15 is 0 Å². The maximum atomic E-state index is 11.8. The zero-order chi connectivity index (χ0) is 18.1. The summed E-state index contributed by atoms with van der Waals surface area (Å²) in [6, 6.07) is 8.79. The average molecular weight is 377 g/mol. The van der Waals surface area contributed by atoms with Crippen LogP contribution in [0, 0.1) is 5.41 Å². The first-order valence-corrected chi connectivity index (χ1v) is 10.0. The Labute approximate surface area is 149 Å². The predicted molar refractivity (Wildman–Crippen MR) is 94.8 cm³/mol. The fourth-order valence-electron chi connectivity index (χ4n) is 1.98. The van der Waals surface area contributed by atoms with Gasteiger partial charge in [0, 0.05) is 5.88 Å². The number of carbonyl (C=O) groups is 1. The van der Waals surface area contributed by atoms with Crippen LogP contribution < -0.4 is 0 Å². The fraction of sp³-hybridized carbons (Fsp3) is 0.588. The second kappa shape index (κ2) is 10.0. The second-order valence-electron chi connectivity index (χ2n) is 6.34. The number of benzene rings is 1. The van der Waals surface area contributed by atoms with Crippen molar-refractivity contribution in [3.05, 3.63) is 35.9 Å². The van der Waals surface area contributed by atoms with E-state index in [1.165, 1.54) is 0 Å². The molecule has 5 nitrogen and oxygen atoms in total. The highest BCUT2D eigenvalue weighted by molar-refractivity contribution is 7.86. The molecule has 0 aliphatic rings. The van der Waals surface area contributed by atoms with E-state index in [1.807, 2.05) is 19.9 Å². The average Bonchev–Trinajstić information content (AvgIpc) is 2.56. The van der Waals surface area contributed by atoms with Crippen LogP contribution in [0.1, 0.15) is 43.5 Å². The largest absolute Gasteiger partial charge is 0.462 e. The summed E-state index contributed by atoms with van der Waals surface area (Å²) < 4.78 is 33.6. The lowest BCUT2D eigenvalue weighted by Crippen LogP contribution is -2.24. The lowest BCUT2D eigenvalue weighted by Gasteiger charge is -2.23. The molecule has 1 aromatic rings. The van der Waals surface area contributed by atoms with Gasteiger partial charge >= 0.3 is 5.97 Å². The molecule has 0 atom stereocenters. The van der Waals surface area contributed by atoms with E-state index in [-0.39, 0.29) is 30.4 Å². The van der Waals surface area contributed by atoms with E-state index < -0.39 is 10.1 Å². The number of hydrogen-bond acceptors (Lipinski definition) is 5. The highest BCUT2D eigenvalue weighted by atomic mass is 35.5. The van der Waals surface area contributed by atoms with Crippen LogP contribution in [0.4, 0.5) is 0 Å². The smallest absolute Gasteiger partial charge is 0.338 e. The van der Waals surface area contributed by atoms with E-state index in [1.54, 1.807) is 24.3 Å². The summed E-state index contributed by atoms with van der Waals surface area (Å²) in [6.45, 7) is 4.23. The summed E-state index contributed by atoms with van der Waals surface area (Å²) in [6.07, 6.45) is 1.69. The molecule has 1 rings (SSSR count). The lowest BCUT2D eigenvalue weighted by atomic mass is 9.89. The Balaban J connectivity index is 2.29. The van der Waals surface area contributed by atoms with E-state index in [0.717, 1.165) is 0 Å². The van der Waals surface area contributed by atoms with Gasteiger partial charge in [-0.3, -0.25) is 4.18 Å². The number of rotatable bonds is 11. The molecule has 0 aliphatic heterocycles. The third kappa shape index (κ3) is 8.66. The van der Waals surface area contributed by atoms with Crippen molar-refractivity contribution in [1.82, 2.24) is 0 Å². The van der Waals surface area contributed by atoms with Crippen molar-refractivity contribution in [2.75, 3.05) is 24.8 Å². The van der Waals surface area contributed by atoms with Crippen molar-refractivity contribution in [2.24, 2.45) is 5.41 Å². The summed E-state index contributed by atoms with van der Waals surface area (Å²) >= 11 is 5.49. The molecule has 0 saturated carbocycles. The standard InChI is InChI=1S/C17H25ClO5S/c1-17(2,14-23-24(20,21)13-7-11-18)10-6-12-22-16(19)15-8-4-3-5-9-15/h3-5,8-9H,6-7,10-14H2,1-2H3. The summed E-state index contributed by atoms with van der Waals surface area (Å²) in [4.78, 5) is 11.8. The van der Waals surface area contributed by atoms with Gasteiger partial charge in [0.05, 0.1) is 24.5 Å². The summed E-state index contributed by atoms with van der Waals surface area (Å²) in [5, 5.41) is 0. The maximum Gasteiger partial charge on any atom is 0.338 e. The minimum Gasteiger partial charge on any atom is -0.462 e. The molecule has 0 unspecified atom stereocenters. The van der Waals surface area contributed by atoms with Crippen LogP contribution in [-0.2, 0) is 19.0 Å². The molecule has 0 saturated heterocycles. The van der Waals surface area contributed by atoms with Gasteiger partial charge in [0.1, 0.15) is 0 Å². The molecule has 0 spiro atoms. The molecule has 0 amide bonds. The number of ether oxygens (including phenoxy) is 1. The van der Waals surface area contributed by atoms with Crippen LogP contribution >= 0.6 is 11.6 Å². The fourth-order valence-corrected chi connectivity index (χ4v) is 3.39. The molecule has 0 radical (unpaired) electrons. The Morgan fingerprint density at radius 3 is 2.46 bits per heavy atom. The van der Waals surface area contributed by atoms with Gasteiger partial charge in [-0.1, -0.05) is 32.0 Å². The summed E-state index contributed by atoms with van der Waals surface area (Å²) in [5.74, 6) is -0.131. The Bertz CT molecular complexity index is 599. The number of esters is 1. The van der Waals surface area contributed by atoms with Crippen molar-refractivity contribution in [2.45, 2.75) is 33.1 Å². The normalized spacial score (nSPS) is 12.1. The SMILES string of the molecule is CC(C)(CCCOC(=O)c1ccccc1)COS(=O)(=O)CCCCl. The third-order valence-electron chi connectivity index (χ3n) is 3.40. The van der Waals surface area contributed by atoms with Gasteiger partial charge < -0.3 is 4.74 Å². The highest BCUT2D eigenvalue weighted by Crippen LogP contribution is 2.23. The summed E-state index contributed by atoms with van der Waals surface area (Å²) in [7, 11) is -3.53. The first kappa shape index (κ1) is 20.9. The van der Waals surface area contributed by atoms with Crippen molar-refractivity contribution < 1.29 is 22.1 Å². The van der Waals surface area contributed by atoms with Gasteiger partial charge in [0.2, 0.25) is 0 Å². The van der Waals surface area contributed by atoms with Crippen LogP contribution in [0.15, 0.2) is 30.3 Å². The number of alkyl halides is 1. The van der Waals surface area contributed by atoms with Gasteiger partial charge in [0.15, 0.2) is 0 Å². The third-order valence-corrected chi connectivity index (χ3v) is 4.93. The first-order valence-electron chi connectivity index (χ1n) is 7.91. The Morgan fingerprint density at radius 1 is 1.17 bits per heavy atom. The molecule has 0 aromatic heterocycles. The molecule has 136 valence electrons. The molecule has 0 bridgehead atoms. The molecule has 7 heteroatoms. The Morgan fingerprint density at radius 2 is 1.83 bits per heavy atom. The van der Waals surface area contributed by atoms with Crippen LogP contribution in [-0.4, -0.2) is 39.2 Å². The molecule has 1 aromatic carbocycles. The quantitative estimate of drug-likeness (QED) is 0.255. The van der Waals surface area contributed by atoms with Gasteiger partial charge in [-0.2, -0.15) is 8.42 Å². The van der Waals surface area contributed by atoms with Gasteiger partial charge in [-0.25, -0.2) is 4.79 Å². The van der Waals surface area contributed by atoms with Crippen molar-refractivity contribution in [1.29, 1.82) is 0 Å². The van der Waals surface area contributed by atoms with Gasteiger partial charge in [-0.15, -0.1) is 11.6 Å². The molecule has 0 heterocycles. The molecule has 0 fully saturated rings. The molecule has 0 N–H and O–H groups in total. The van der Waals surface area contributed by atoms with Crippen LogP contribution in [0.2, 0.25) is 0 Å². The zero-order valence-corrected chi connectivity index (χ0v) is 15.7. The zero-order valence-electron chi connectivity index (χ0n) is 14.2. The van der Waals surface area contributed by atoms with Crippen molar-refractivity contribution in [3.63, 3.8) is 0 Å². The maximum absolute atomic E-state index is 11.8. The van der Waals surface area contributed by atoms with Crippen LogP contribution in [0.25, 0.3) is 0 Å². The van der Waals surface area contributed by atoms with Crippen molar-refractivity contribution >= 4 is 27.7 Å². The molecule has 24 heavy (non-hydrogen) atoms. The monoisotopic (exact) mass is 376 g/mol. The molecular weight excluding hydrogens is 352 g/mol. The topological polar surface area (TPSA) is 69.7 Å². The second-order valence-corrected chi connectivity index (χ2v) is 8.47. The number of hydrogen-bond donors (Lipinski definition) is 0. The molecule has 0 aliphatic carbocycles. The number of carbonyl (C=O) groups excluding carboxylic acids is 1. The minimum absolute atomic E-state index is 0.0682. The minimum atomic E-state index is -3.53. The van der Waals surface area contributed by atoms with Crippen molar-refractivity contribution in [3.8, 4) is 0 Å². The van der Waals surface area contributed by atoms with E-state index in [9.17, 15) is 13.2 Å². The van der Waals surface area contributed by atoms with Gasteiger partial charge in [0.25, 0.3) is 10.1 Å². The van der Waals surface area contributed by atoms with E-state index in [2.05, 4.69) is 0 Å². The Hall–Kier alpha value is -1.11. The van der Waals surface area contributed by atoms with Crippen LogP contribution in [0.5, 0.6) is 0 Å². The number of halogens is 1. The van der Waals surface area contributed by atoms with E-state index in [4.69, 9.17) is 20.5 Å². The summed E-state index contributed by atoms with van der Waals surface area (Å²) in [5.41, 5.74) is 0.193. The predicted octanol–water partition coefficient (Wildman–Crippen LogP) is 3.63. The molecular formula is C17H25ClO5S. The first-order chi connectivity index (χ1) is 11.3. The highest BCUT2D eigenvalue weighted by Gasteiger charge is 2.22. The lowest BCUT2D eigenvalue weighted by molar-refractivity contribution is 0.0478. The van der Waals surface area contributed by atoms with E-state index in [0.29, 0.717) is 30.7 Å². The van der Waals surface area contributed by atoms with Crippen LogP contribution in [0.3, 0.4) is 0 Å².